The zero-order valence-corrected chi connectivity index (χ0v) is 13.7. The summed E-state index contributed by atoms with van der Waals surface area (Å²) in [6.45, 7) is 0.717. The van der Waals surface area contributed by atoms with Gasteiger partial charge in [-0.05, 0) is 23.6 Å². The van der Waals surface area contributed by atoms with E-state index < -0.39 is 0 Å². The van der Waals surface area contributed by atoms with Gasteiger partial charge in [0, 0.05) is 12.8 Å². The number of thiophene rings is 1. The normalized spacial score (nSPS) is 10.1. The van der Waals surface area contributed by atoms with Crippen LogP contribution in [-0.4, -0.2) is 32.0 Å². The first-order valence-electron chi connectivity index (χ1n) is 7.30. The Balaban J connectivity index is 1.64. The number of rotatable bonds is 9. The van der Waals surface area contributed by atoms with Crippen LogP contribution in [0.2, 0.25) is 0 Å². The lowest BCUT2D eigenvalue weighted by Crippen LogP contribution is -2.28. The highest BCUT2D eigenvalue weighted by atomic mass is 32.1. The van der Waals surface area contributed by atoms with E-state index in [9.17, 15) is 9.59 Å². The Morgan fingerprint density at radius 3 is 2.57 bits per heavy atom. The van der Waals surface area contributed by atoms with Crippen molar-refractivity contribution in [2.75, 3.05) is 20.3 Å². The molecule has 6 heteroatoms. The monoisotopic (exact) mass is 333 g/mol. The molecule has 0 fully saturated rings. The summed E-state index contributed by atoms with van der Waals surface area (Å²) >= 11 is 1.39. The quantitative estimate of drug-likeness (QED) is 0.566. The Labute approximate surface area is 139 Å². The number of carbonyl (C=O) groups is 2. The molecule has 0 aliphatic rings. The molecule has 0 aliphatic heterocycles. The Kier molecular flexibility index (Phi) is 6.62. The summed E-state index contributed by atoms with van der Waals surface area (Å²) in [6.07, 6.45) is 0.408. The zero-order valence-electron chi connectivity index (χ0n) is 12.9. The van der Waals surface area contributed by atoms with E-state index in [2.05, 4.69) is 5.32 Å². The first kappa shape index (κ1) is 17.0. The van der Waals surface area contributed by atoms with Crippen molar-refractivity contribution in [3.8, 4) is 11.5 Å². The Hall–Kier alpha value is -2.34. The highest BCUT2D eigenvalue weighted by Crippen LogP contribution is 2.25. The minimum Gasteiger partial charge on any atom is -0.493 e. The molecule has 2 aromatic rings. The number of hydrogen-bond acceptors (Lipinski definition) is 5. The largest absolute Gasteiger partial charge is 0.493 e. The number of Topliss-reactive ketones (excluding diaryl/α,β-unsaturated/α-hetero) is 1. The van der Waals surface area contributed by atoms with Crippen LogP contribution < -0.4 is 14.8 Å². The van der Waals surface area contributed by atoms with Crippen LogP contribution in [-0.2, 0) is 4.79 Å². The summed E-state index contributed by atoms with van der Waals surface area (Å²) in [5.74, 6) is 1.14. The van der Waals surface area contributed by atoms with E-state index in [0.29, 0.717) is 29.5 Å². The predicted molar refractivity (Wildman–Crippen MR) is 89.4 cm³/mol. The van der Waals surface area contributed by atoms with Gasteiger partial charge in [0.1, 0.15) is 6.61 Å². The maximum absolute atomic E-state index is 11.8. The van der Waals surface area contributed by atoms with Gasteiger partial charge in [-0.15, -0.1) is 11.3 Å². The summed E-state index contributed by atoms with van der Waals surface area (Å²) in [7, 11) is 1.58. The molecule has 5 nitrogen and oxygen atoms in total. The summed E-state index contributed by atoms with van der Waals surface area (Å²) < 4.78 is 10.7. The molecule has 23 heavy (non-hydrogen) atoms. The molecule has 1 amide bonds. The number of nitrogens with one attached hydrogen (secondary N) is 1. The van der Waals surface area contributed by atoms with E-state index in [1.54, 1.807) is 19.2 Å². The van der Waals surface area contributed by atoms with Crippen LogP contribution >= 0.6 is 11.3 Å². The van der Waals surface area contributed by atoms with Crippen LogP contribution in [0.4, 0.5) is 0 Å². The van der Waals surface area contributed by atoms with Crippen molar-refractivity contribution in [2.24, 2.45) is 0 Å². The third kappa shape index (κ3) is 5.41. The van der Waals surface area contributed by atoms with Crippen LogP contribution in [0, 0.1) is 0 Å². The molecule has 122 valence electrons. The van der Waals surface area contributed by atoms with Gasteiger partial charge in [0.2, 0.25) is 5.91 Å². The second-order valence-electron chi connectivity index (χ2n) is 4.75. The fourth-order valence-corrected chi connectivity index (χ4v) is 2.66. The molecule has 0 saturated carbocycles. The minimum absolute atomic E-state index is 0.000391. The van der Waals surface area contributed by atoms with Gasteiger partial charge in [-0.3, -0.25) is 9.59 Å². The van der Waals surface area contributed by atoms with Crippen LogP contribution in [0.25, 0.3) is 0 Å². The van der Waals surface area contributed by atoms with Crippen molar-refractivity contribution >= 4 is 23.0 Å². The summed E-state index contributed by atoms with van der Waals surface area (Å²) in [5.41, 5.74) is 0. The topological polar surface area (TPSA) is 64.6 Å². The lowest BCUT2D eigenvalue weighted by Gasteiger charge is -2.10. The van der Waals surface area contributed by atoms with Gasteiger partial charge in [-0.25, -0.2) is 0 Å². The van der Waals surface area contributed by atoms with Gasteiger partial charge in [-0.1, -0.05) is 18.2 Å². The van der Waals surface area contributed by atoms with Crippen LogP contribution in [0.3, 0.4) is 0 Å². The molecule has 0 spiro atoms. The number of methoxy groups -OCH3 is 1. The predicted octanol–water partition coefficient (Wildman–Crippen LogP) is 2.91. The number of para-hydroxylation sites is 2. The highest BCUT2D eigenvalue weighted by molar-refractivity contribution is 7.12. The first-order valence-corrected chi connectivity index (χ1v) is 8.18. The fourth-order valence-electron chi connectivity index (χ4n) is 1.97. The van der Waals surface area contributed by atoms with E-state index in [1.807, 2.05) is 29.6 Å². The molecular formula is C17H19NO4S. The number of ketones is 1. The van der Waals surface area contributed by atoms with Crippen molar-refractivity contribution in [3.05, 3.63) is 46.7 Å². The summed E-state index contributed by atoms with van der Waals surface area (Å²) in [5, 5.41) is 4.59. The molecular weight excluding hydrogens is 314 g/mol. The van der Waals surface area contributed by atoms with Gasteiger partial charge in [0.15, 0.2) is 17.3 Å². The molecule has 1 N–H and O–H groups in total. The van der Waals surface area contributed by atoms with E-state index >= 15 is 0 Å². The van der Waals surface area contributed by atoms with Crippen LogP contribution in [0.15, 0.2) is 41.8 Å². The van der Waals surface area contributed by atoms with Crippen LogP contribution in [0.1, 0.15) is 22.5 Å². The Morgan fingerprint density at radius 2 is 1.87 bits per heavy atom. The van der Waals surface area contributed by atoms with Gasteiger partial charge in [-0.2, -0.15) is 0 Å². The number of amides is 1. The van der Waals surface area contributed by atoms with Crippen LogP contribution in [0.5, 0.6) is 11.5 Å². The lowest BCUT2D eigenvalue weighted by molar-refractivity contribution is -0.121. The van der Waals surface area contributed by atoms with Gasteiger partial charge in [0.25, 0.3) is 0 Å². The summed E-state index contributed by atoms with van der Waals surface area (Å²) in [4.78, 5) is 24.2. The lowest BCUT2D eigenvalue weighted by atomic mass is 10.2. The first-order chi connectivity index (χ1) is 11.2. The van der Waals surface area contributed by atoms with E-state index in [0.717, 1.165) is 0 Å². The molecule has 1 aromatic heterocycles. The van der Waals surface area contributed by atoms with E-state index in [4.69, 9.17) is 9.47 Å². The Morgan fingerprint density at radius 1 is 1.09 bits per heavy atom. The standard InChI is InChI=1S/C17H19NO4S/c1-21-14-5-2-3-6-15(14)22-11-10-18-17(20)9-8-13(19)16-7-4-12-23-16/h2-7,12H,8-11H2,1H3,(H,18,20). The summed E-state index contributed by atoms with van der Waals surface area (Å²) in [6, 6.07) is 10.9. The van der Waals surface area contributed by atoms with Crippen molar-refractivity contribution in [1.29, 1.82) is 0 Å². The molecule has 0 radical (unpaired) electrons. The van der Waals surface area contributed by atoms with E-state index in [-0.39, 0.29) is 24.5 Å². The third-order valence-electron chi connectivity index (χ3n) is 3.13. The highest BCUT2D eigenvalue weighted by Gasteiger charge is 2.10. The zero-order chi connectivity index (χ0) is 16.5. The molecule has 0 atom stereocenters. The second kappa shape index (κ2) is 8.95. The van der Waals surface area contributed by atoms with Gasteiger partial charge in [0.05, 0.1) is 18.5 Å². The van der Waals surface area contributed by atoms with Gasteiger partial charge < -0.3 is 14.8 Å². The smallest absolute Gasteiger partial charge is 0.220 e. The SMILES string of the molecule is COc1ccccc1OCCNC(=O)CCC(=O)c1cccs1. The average Bonchev–Trinajstić information content (AvgIpc) is 3.11. The molecule has 2 rings (SSSR count). The maximum Gasteiger partial charge on any atom is 0.220 e. The third-order valence-corrected chi connectivity index (χ3v) is 4.04. The van der Waals surface area contributed by atoms with Crippen molar-refractivity contribution < 1.29 is 19.1 Å². The minimum atomic E-state index is -0.154. The van der Waals surface area contributed by atoms with Crippen molar-refractivity contribution in [1.82, 2.24) is 5.32 Å². The van der Waals surface area contributed by atoms with Crippen molar-refractivity contribution in [3.63, 3.8) is 0 Å². The molecule has 0 saturated heterocycles. The fraction of sp³-hybridized carbons (Fsp3) is 0.294. The molecule has 0 aliphatic carbocycles. The van der Waals surface area contributed by atoms with E-state index in [1.165, 1.54) is 11.3 Å². The number of benzene rings is 1. The van der Waals surface area contributed by atoms with Crippen molar-refractivity contribution in [2.45, 2.75) is 12.8 Å². The molecule has 0 bridgehead atoms. The van der Waals surface area contributed by atoms with Gasteiger partial charge >= 0.3 is 0 Å². The number of hydrogen-bond donors (Lipinski definition) is 1. The number of ether oxygens (including phenoxy) is 2. The molecule has 1 aromatic carbocycles. The average molecular weight is 333 g/mol. The maximum atomic E-state index is 11.8. The Bertz CT molecular complexity index is 640. The molecule has 0 unspecified atom stereocenters. The second-order valence-corrected chi connectivity index (χ2v) is 5.70. The molecule has 1 heterocycles. The number of carbonyl (C=O) groups excluding carboxylic acids is 2.